The number of hydrogen-bond acceptors (Lipinski definition) is 3. The smallest absolute Gasteiger partial charge is 0.243 e. The van der Waals surface area contributed by atoms with Gasteiger partial charge in [-0.25, -0.2) is 0 Å². The first-order chi connectivity index (χ1) is 17.7. The molecule has 0 radical (unpaired) electrons. The van der Waals surface area contributed by atoms with Crippen molar-refractivity contribution < 1.29 is 14.3 Å². The van der Waals surface area contributed by atoms with Crippen molar-refractivity contribution in [2.45, 2.75) is 76.5 Å². The van der Waals surface area contributed by atoms with Crippen molar-refractivity contribution >= 4 is 11.8 Å². The minimum atomic E-state index is -0.677. The van der Waals surface area contributed by atoms with Gasteiger partial charge in [0.2, 0.25) is 11.8 Å². The monoisotopic (exact) mass is 498 g/mol. The molecule has 1 aliphatic rings. The lowest BCUT2D eigenvalue weighted by Crippen LogP contribution is -2.56. The first-order valence-corrected chi connectivity index (χ1v) is 13.2. The molecule has 5 nitrogen and oxygen atoms in total. The number of carbonyl (C=O) groups is 2. The summed E-state index contributed by atoms with van der Waals surface area (Å²) in [6.07, 6.45) is 4.00. The van der Waals surface area contributed by atoms with Crippen molar-refractivity contribution in [2.24, 2.45) is 0 Å². The highest BCUT2D eigenvalue weighted by molar-refractivity contribution is 5.93. The van der Waals surface area contributed by atoms with Crippen LogP contribution in [-0.2, 0) is 28.0 Å². The summed E-state index contributed by atoms with van der Waals surface area (Å²) in [6, 6.07) is 27.1. The van der Waals surface area contributed by atoms with Gasteiger partial charge in [0, 0.05) is 12.0 Å². The second-order valence-electron chi connectivity index (χ2n) is 11.0. The first-order valence-electron chi connectivity index (χ1n) is 13.2. The molecule has 3 aromatic rings. The van der Waals surface area contributed by atoms with Gasteiger partial charge in [0.25, 0.3) is 0 Å². The number of benzene rings is 3. The number of amides is 2. The fourth-order valence-electron chi connectivity index (χ4n) is 5.04. The van der Waals surface area contributed by atoms with Gasteiger partial charge in [-0.1, -0.05) is 85.6 Å². The summed E-state index contributed by atoms with van der Waals surface area (Å²) in [4.78, 5) is 27.1. The summed E-state index contributed by atoms with van der Waals surface area (Å²) in [6.45, 7) is 6.34. The molecule has 2 N–H and O–H groups in total. The average Bonchev–Trinajstić information content (AvgIpc) is 3.39. The predicted molar refractivity (Wildman–Crippen MR) is 147 cm³/mol. The van der Waals surface area contributed by atoms with Gasteiger partial charge in [-0.15, -0.1) is 0 Å². The maximum absolute atomic E-state index is 13.8. The van der Waals surface area contributed by atoms with Crippen molar-refractivity contribution in [3.63, 3.8) is 0 Å². The van der Waals surface area contributed by atoms with E-state index in [2.05, 4.69) is 10.6 Å². The van der Waals surface area contributed by atoms with Crippen LogP contribution in [0.5, 0.6) is 5.75 Å². The van der Waals surface area contributed by atoms with Crippen molar-refractivity contribution in [2.75, 3.05) is 0 Å². The van der Waals surface area contributed by atoms with Crippen molar-refractivity contribution in [3.05, 3.63) is 102 Å². The van der Waals surface area contributed by atoms with Crippen LogP contribution in [0.2, 0.25) is 0 Å². The molecular formula is C32H38N2O3. The Morgan fingerprint density at radius 3 is 2.03 bits per heavy atom. The summed E-state index contributed by atoms with van der Waals surface area (Å²) in [5.74, 6) is 0.529. The largest absolute Gasteiger partial charge is 0.489 e. The number of ether oxygens (including phenoxy) is 1. The zero-order chi connectivity index (χ0) is 26.3. The fourth-order valence-corrected chi connectivity index (χ4v) is 5.04. The lowest BCUT2D eigenvalue weighted by molar-refractivity contribution is -0.132. The Balaban J connectivity index is 1.49. The van der Waals surface area contributed by atoms with Gasteiger partial charge in [0.05, 0.1) is 5.41 Å². The lowest BCUT2D eigenvalue weighted by Gasteiger charge is -2.32. The van der Waals surface area contributed by atoms with E-state index in [1.807, 2.05) is 106 Å². The third-order valence-corrected chi connectivity index (χ3v) is 6.95. The molecule has 1 atom stereocenters. The standard InChI is InChI=1S/C32H38N2O3/c1-31(2,3)34-29(35)28(33-30(36)32(20-10-11-21-32)26-14-8-5-9-15-26)22-24-16-18-27(19-17-24)37-23-25-12-6-4-7-13-25/h4-9,12-19,28H,10-11,20-23H2,1-3H3,(H,33,36)(H,34,35)/t28-/m0/s1. The van der Waals surface area contributed by atoms with E-state index in [0.29, 0.717) is 13.0 Å². The molecule has 2 amide bonds. The van der Waals surface area contributed by atoms with Crippen LogP contribution in [0.1, 0.15) is 63.1 Å². The molecule has 0 saturated heterocycles. The molecule has 0 bridgehead atoms. The van der Waals surface area contributed by atoms with E-state index in [-0.39, 0.29) is 11.8 Å². The van der Waals surface area contributed by atoms with Crippen molar-refractivity contribution in [1.29, 1.82) is 0 Å². The van der Waals surface area contributed by atoms with Gasteiger partial charge >= 0.3 is 0 Å². The Labute approximate surface area is 220 Å². The van der Waals surface area contributed by atoms with E-state index in [1.54, 1.807) is 0 Å². The molecular weight excluding hydrogens is 460 g/mol. The Kier molecular flexibility index (Phi) is 8.32. The Morgan fingerprint density at radius 1 is 0.838 bits per heavy atom. The number of hydrogen-bond donors (Lipinski definition) is 2. The van der Waals surface area contributed by atoms with Crippen LogP contribution in [-0.4, -0.2) is 23.4 Å². The van der Waals surface area contributed by atoms with Crippen LogP contribution < -0.4 is 15.4 Å². The van der Waals surface area contributed by atoms with Crippen LogP contribution in [0.4, 0.5) is 0 Å². The van der Waals surface area contributed by atoms with Crippen LogP contribution >= 0.6 is 0 Å². The van der Waals surface area contributed by atoms with Crippen LogP contribution in [0.3, 0.4) is 0 Å². The summed E-state index contributed by atoms with van der Waals surface area (Å²) in [7, 11) is 0. The quantitative estimate of drug-likeness (QED) is 0.397. The summed E-state index contributed by atoms with van der Waals surface area (Å²) >= 11 is 0. The molecule has 4 rings (SSSR count). The molecule has 1 fully saturated rings. The minimum Gasteiger partial charge on any atom is -0.489 e. The van der Waals surface area contributed by atoms with E-state index < -0.39 is 17.0 Å². The van der Waals surface area contributed by atoms with Gasteiger partial charge < -0.3 is 15.4 Å². The molecule has 1 aliphatic carbocycles. The zero-order valence-electron chi connectivity index (χ0n) is 22.1. The van der Waals surface area contributed by atoms with E-state index >= 15 is 0 Å². The van der Waals surface area contributed by atoms with Crippen LogP contribution in [0.15, 0.2) is 84.9 Å². The molecule has 0 aliphatic heterocycles. The van der Waals surface area contributed by atoms with Gasteiger partial charge in [0.1, 0.15) is 18.4 Å². The molecule has 1 saturated carbocycles. The third-order valence-electron chi connectivity index (χ3n) is 6.95. The van der Waals surface area contributed by atoms with E-state index in [9.17, 15) is 9.59 Å². The Hall–Kier alpha value is -3.60. The van der Waals surface area contributed by atoms with Gasteiger partial charge in [0.15, 0.2) is 0 Å². The molecule has 194 valence electrons. The highest BCUT2D eigenvalue weighted by Gasteiger charge is 2.43. The topological polar surface area (TPSA) is 67.4 Å². The Morgan fingerprint density at radius 2 is 1.43 bits per heavy atom. The van der Waals surface area contributed by atoms with E-state index in [0.717, 1.165) is 48.1 Å². The number of nitrogens with one attached hydrogen (secondary N) is 2. The Bertz CT molecular complexity index is 1160. The molecule has 37 heavy (non-hydrogen) atoms. The molecule has 0 heterocycles. The summed E-state index contributed by atoms with van der Waals surface area (Å²) < 4.78 is 5.91. The van der Waals surface area contributed by atoms with E-state index in [1.165, 1.54) is 0 Å². The number of carbonyl (C=O) groups excluding carboxylic acids is 2. The number of rotatable bonds is 9. The third kappa shape index (κ3) is 7.00. The zero-order valence-corrected chi connectivity index (χ0v) is 22.1. The molecule has 0 aromatic heterocycles. The maximum atomic E-state index is 13.8. The SMILES string of the molecule is CC(C)(C)NC(=O)[C@H](Cc1ccc(OCc2ccccc2)cc1)NC(=O)C1(c2ccccc2)CCCC1. The van der Waals surface area contributed by atoms with Gasteiger partial charge in [-0.2, -0.15) is 0 Å². The van der Waals surface area contributed by atoms with Crippen molar-refractivity contribution in [3.8, 4) is 5.75 Å². The highest BCUT2D eigenvalue weighted by Crippen LogP contribution is 2.41. The van der Waals surface area contributed by atoms with Crippen LogP contribution in [0, 0.1) is 0 Å². The van der Waals surface area contributed by atoms with E-state index in [4.69, 9.17) is 4.74 Å². The van der Waals surface area contributed by atoms with Gasteiger partial charge in [-0.3, -0.25) is 9.59 Å². The molecule has 3 aromatic carbocycles. The van der Waals surface area contributed by atoms with Crippen LogP contribution in [0.25, 0.3) is 0 Å². The highest BCUT2D eigenvalue weighted by atomic mass is 16.5. The summed E-state index contributed by atoms with van der Waals surface area (Å²) in [5.41, 5.74) is 2.10. The normalized spacial score (nSPS) is 15.5. The van der Waals surface area contributed by atoms with Crippen molar-refractivity contribution in [1.82, 2.24) is 10.6 Å². The maximum Gasteiger partial charge on any atom is 0.243 e. The molecule has 5 heteroatoms. The molecule has 0 unspecified atom stereocenters. The first kappa shape index (κ1) is 26.5. The fraction of sp³-hybridized carbons (Fsp3) is 0.375. The second kappa shape index (κ2) is 11.6. The molecule has 0 spiro atoms. The summed E-state index contributed by atoms with van der Waals surface area (Å²) in [5, 5.41) is 6.21. The predicted octanol–water partition coefficient (Wildman–Crippen LogP) is 5.72. The second-order valence-corrected chi connectivity index (χ2v) is 11.0. The lowest BCUT2D eigenvalue weighted by atomic mass is 9.77. The average molecular weight is 499 g/mol. The minimum absolute atomic E-state index is 0.0620. The van der Waals surface area contributed by atoms with Gasteiger partial charge in [-0.05, 0) is 62.4 Å².